The van der Waals surface area contributed by atoms with Crippen molar-refractivity contribution in [1.82, 2.24) is 5.32 Å². The average molecular weight is 400 g/mol. The van der Waals surface area contributed by atoms with E-state index in [-0.39, 0.29) is 17.2 Å². The number of rotatable bonds is 9. The van der Waals surface area contributed by atoms with Crippen LogP contribution in [0.4, 0.5) is 17.1 Å². The summed E-state index contributed by atoms with van der Waals surface area (Å²) < 4.78 is 4.97. The van der Waals surface area contributed by atoms with Gasteiger partial charge in [0.25, 0.3) is 17.5 Å². The number of carbonyl (C=O) groups is 2. The molecule has 0 saturated carbocycles. The van der Waals surface area contributed by atoms with Crippen molar-refractivity contribution in [3.63, 3.8) is 0 Å². The van der Waals surface area contributed by atoms with Crippen molar-refractivity contribution in [3.8, 4) is 0 Å². The van der Waals surface area contributed by atoms with Crippen molar-refractivity contribution < 1.29 is 19.2 Å². The molecular weight excluding hydrogens is 376 g/mol. The number of hydrogen-bond acceptors (Lipinski definition) is 6. The van der Waals surface area contributed by atoms with E-state index in [2.05, 4.69) is 10.6 Å². The molecule has 2 rings (SSSR count). The Hall–Kier alpha value is -3.46. The van der Waals surface area contributed by atoms with Crippen LogP contribution in [-0.4, -0.2) is 51.1 Å². The van der Waals surface area contributed by atoms with Gasteiger partial charge in [-0.15, -0.1) is 0 Å². The van der Waals surface area contributed by atoms with E-state index in [1.165, 1.54) is 24.3 Å². The van der Waals surface area contributed by atoms with Crippen LogP contribution in [-0.2, 0) is 4.74 Å². The summed E-state index contributed by atoms with van der Waals surface area (Å²) in [5, 5.41) is 16.4. The fourth-order valence-electron chi connectivity index (χ4n) is 2.66. The number of nitrogens with zero attached hydrogens (tertiary/aromatic N) is 2. The van der Waals surface area contributed by atoms with Crippen LogP contribution < -0.4 is 15.5 Å². The average Bonchev–Trinajstić information content (AvgIpc) is 2.70. The zero-order valence-electron chi connectivity index (χ0n) is 16.6. The van der Waals surface area contributed by atoms with Gasteiger partial charge >= 0.3 is 0 Å². The maximum absolute atomic E-state index is 12.6. The first kappa shape index (κ1) is 21.8. The van der Waals surface area contributed by atoms with Crippen LogP contribution in [0.3, 0.4) is 0 Å². The number of amides is 2. The SMILES string of the molecule is COCCCNC(=O)c1cc(NC(=O)c2cccc([N+](=O)[O-])c2)ccc1N(C)C. The van der Waals surface area contributed by atoms with Crippen molar-refractivity contribution in [2.75, 3.05) is 44.6 Å². The molecule has 0 unspecified atom stereocenters. The summed E-state index contributed by atoms with van der Waals surface area (Å²) in [7, 11) is 5.23. The molecule has 0 heterocycles. The molecule has 9 heteroatoms. The minimum Gasteiger partial charge on any atom is -0.385 e. The molecule has 2 aromatic carbocycles. The van der Waals surface area contributed by atoms with Gasteiger partial charge in [0.2, 0.25) is 0 Å². The topological polar surface area (TPSA) is 114 Å². The Bertz CT molecular complexity index is 898. The Morgan fingerprint density at radius 3 is 2.55 bits per heavy atom. The number of methoxy groups -OCH3 is 1. The first-order chi connectivity index (χ1) is 13.8. The highest BCUT2D eigenvalue weighted by Gasteiger charge is 2.16. The summed E-state index contributed by atoms with van der Waals surface area (Å²) in [4.78, 5) is 37.2. The molecule has 2 aromatic rings. The van der Waals surface area contributed by atoms with E-state index < -0.39 is 10.8 Å². The lowest BCUT2D eigenvalue weighted by Crippen LogP contribution is -2.27. The minimum absolute atomic E-state index is 0.154. The number of ether oxygens (including phenoxy) is 1. The number of nitrogens with one attached hydrogen (secondary N) is 2. The molecule has 9 nitrogen and oxygen atoms in total. The van der Waals surface area contributed by atoms with Crippen LogP contribution in [0.25, 0.3) is 0 Å². The Labute approximate surface area is 168 Å². The highest BCUT2D eigenvalue weighted by atomic mass is 16.6. The van der Waals surface area contributed by atoms with Gasteiger partial charge < -0.3 is 20.3 Å². The van der Waals surface area contributed by atoms with E-state index >= 15 is 0 Å². The molecule has 2 N–H and O–H groups in total. The van der Waals surface area contributed by atoms with Crippen LogP contribution >= 0.6 is 0 Å². The molecule has 0 atom stereocenters. The summed E-state index contributed by atoms with van der Waals surface area (Å²) in [5.74, 6) is -0.769. The molecule has 29 heavy (non-hydrogen) atoms. The smallest absolute Gasteiger partial charge is 0.270 e. The van der Waals surface area contributed by atoms with Gasteiger partial charge in [-0.1, -0.05) is 6.07 Å². The number of hydrogen-bond donors (Lipinski definition) is 2. The van der Waals surface area contributed by atoms with Gasteiger partial charge in [-0.25, -0.2) is 0 Å². The largest absolute Gasteiger partial charge is 0.385 e. The maximum atomic E-state index is 12.6. The lowest BCUT2D eigenvalue weighted by Gasteiger charge is -2.18. The second-order valence-corrected chi connectivity index (χ2v) is 6.49. The highest BCUT2D eigenvalue weighted by Crippen LogP contribution is 2.24. The minimum atomic E-state index is -0.561. The van der Waals surface area contributed by atoms with E-state index in [0.717, 1.165) is 0 Å². The number of non-ortho nitro benzene ring substituents is 1. The fourth-order valence-corrected chi connectivity index (χ4v) is 2.66. The number of benzene rings is 2. The van der Waals surface area contributed by atoms with Crippen LogP contribution in [0, 0.1) is 10.1 Å². The monoisotopic (exact) mass is 400 g/mol. The van der Waals surface area contributed by atoms with E-state index in [4.69, 9.17) is 4.74 Å². The molecule has 0 fully saturated rings. The summed E-state index contributed by atoms with van der Waals surface area (Å²) in [6.07, 6.45) is 0.683. The van der Waals surface area contributed by atoms with Crippen molar-refractivity contribution in [2.24, 2.45) is 0 Å². The van der Waals surface area contributed by atoms with Gasteiger partial charge in [-0.3, -0.25) is 19.7 Å². The summed E-state index contributed by atoms with van der Waals surface area (Å²) >= 11 is 0. The zero-order chi connectivity index (χ0) is 21.4. The molecule has 0 bridgehead atoms. The predicted molar refractivity (Wildman–Crippen MR) is 111 cm³/mol. The lowest BCUT2D eigenvalue weighted by molar-refractivity contribution is -0.384. The maximum Gasteiger partial charge on any atom is 0.270 e. The Balaban J connectivity index is 2.21. The Morgan fingerprint density at radius 2 is 1.90 bits per heavy atom. The molecule has 0 spiro atoms. The van der Waals surface area contributed by atoms with Gasteiger partial charge in [0.05, 0.1) is 10.5 Å². The Kier molecular flexibility index (Phi) is 7.67. The first-order valence-corrected chi connectivity index (χ1v) is 8.97. The Morgan fingerprint density at radius 1 is 1.14 bits per heavy atom. The van der Waals surface area contributed by atoms with E-state index in [0.29, 0.717) is 36.5 Å². The molecule has 0 aliphatic heterocycles. The molecular formula is C20H24N4O5. The van der Waals surface area contributed by atoms with Crippen LogP contribution in [0.5, 0.6) is 0 Å². The van der Waals surface area contributed by atoms with Gasteiger partial charge in [-0.2, -0.15) is 0 Å². The second-order valence-electron chi connectivity index (χ2n) is 6.49. The number of nitro benzene ring substituents is 1. The molecule has 0 aliphatic rings. The van der Waals surface area contributed by atoms with Gasteiger partial charge in [0.15, 0.2) is 0 Å². The van der Waals surface area contributed by atoms with Gasteiger partial charge in [-0.05, 0) is 30.7 Å². The van der Waals surface area contributed by atoms with E-state index in [1.54, 1.807) is 30.2 Å². The second kappa shape index (κ2) is 10.2. The molecule has 0 aliphatic carbocycles. The summed E-state index contributed by atoms with van der Waals surface area (Å²) in [6, 6.07) is 10.4. The number of carbonyl (C=O) groups excluding carboxylic acids is 2. The molecule has 0 radical (unpaired) electrons. The van der Waals surface area contributed by atoms with Crippen molar-refractivity contribution in [2.45, 2.75) is 6.42 Å². The summed E-state index contributed by atoms with van der Waals surface area (Å²) in [6.45, 7) is 1.00. The summed E-state index contributed by atoms with van der Waals surface area (Å²) in [5.41, 5.74) is 1.50. The van der Waals surface area contributed by atoms with Crippen LogP contribution in [0.1, 0.15) is 27.1 Å². The van der Waals surface area contributed by atoms with Gasteiger partial charge in [0, 0.05) is 63.4 Å². The number of anilines is 2. The fraction of sp³-hybridized carbons (Fsp3) is 0.300. The third-order valence-electron chi connectivity index (χ3n) is 4.11. The van der Waals surface area contributed by atoms with E-state index in [1.807, 2.05) is 14.1 Å². The quantitative estimate of drug-likeness (QED) is 0.380. The van der Waals surface area contributed by atoms with Crippen LogP contribution in [0.15, 0.2) is 42.5 Å². The highest BCUT2D eigenvalue weighted by molar-refractivity contribution is 6.06. The first-order valence-electron chi connectivity index (χ1n) is 8.97. The lowest BCUT2D eigenvalue weighted by atomic mass is 10.1. The molecule has 154 valence electrons. The normalized spacial score (nSPS) is 10.3. The van der Waals surface area contributed by atoms with Crippen molar-refractivity contribution in [3.05, 3.63) is 63.7 Å². The third-order valence-corrected chi connectivity index (χ3v) is 4.11. The molecule has 2 amide bonds. The third kappa shape index (κ3) is 6.01. The zero-order valence-corrected chi connectivity index (χ0v) is 16.6. The predicted octanol–water partition coefficient (Wildman–Crippen LogP) is 2.68. The van der Waals surface area contributed by atoms with Crippen molar-refractivity contribution in [1.29, 1.82) is 0 Å². The molecule has 0 saturated heterocycles. The van der Waals surface area contributed by atoms with E-state index in [9.17, 15) is 19.7 Å². The standard InChI is InChI=1S/C20H24N4O5/c1-23(2)18-9-8-15(13-17(18)20(26)21-10-5-11-29-3)22-19(25)14-6-4-7-16(12-14)24(27)28/h4,6-9,12-13H,5,10-11H2,1-3H3,(H,21,26)(H,22,25). The molecule has 0 aromatic heterocycles. The van der Waals surface area contributed by atoms with Crippen LogP contribution in [0.2, 0.25) is 0 Å². The number of nitro groups is 1. The van der Waals surface area contributed by atoms with Crippen molar-refractivity contribution >= 4 is 28.9 Å². The van der Waals surface area contributed by atoms with Gasteiger partial charge in [0.1, 0.15) is 0 Å².